The van der Waals surface area contributed by atoms with Crippen molar-refractivity contribution in [3.05, 3.63) is 48.5 Å². The quantitative estimate of drug-likeness (QED) is 0.738. The second-order valence-electron chi connectivity index (χ2n) is 4.27. The Morgan fingerprint density at radius 2 is 1.60 bits per heavy atom. The highest BCUT2D eigenvalue weighted by molar-refractivity contribution is 5.61. The predicted octanol–water partition coefficient (Wildman–Crippen LogP) is 2.99. The molecule has 0 spiro atoms. The minimum Gasteiger partial charge on any atom is -0.497 e. The Bertz CT molecular complexity index is 703. The first-order valence-electron chi connectivity index (χ1n) is 6.10. The molecule has 0 saturated carbocycles. The molecular formula is C15H13N3O2. The number of nitrogens with two attached hydrogens (primary N) is 1. The summed E-state index contributed by atoms with van der Waals surface area (Å²) in [6.45, 7) is 0. The maximum absolute atomic E-state index is 5.65. The molecule has 0 aliphatic carbocycles. The van der Waals surface area contributed by atoms with Crippen molar-refractivity contribution in [2.45, 2.75) is 0 Å². The smallest absolute Gasteiger partial charge is 0.258 e. The van der Waals surface area contributed by atoms with Crippen molar-refractivity contribution >= 4 is 5.69 Å². The SMILES string of the molecule is COc1ccc(-c2noc(-c3ccc(N)cc3)n2)cc1. The van der Waals surface area contributed by atoms with Crippen LogP contribution in [-0.2, 0) is 0 Å². The van der Waals surface area contributed by atoms with E-state index in [1.807, 2.05) is 36.4 Å². The number of hydrogen-bond donors (Lipinski definition) is 1. The lowest BCUT2D eigenvalue weighted by Crippen LogP contribution is -1.85. The highest BCUT2D eigenvalue weighted by atomic mass is 16.5. The second-order valence-corrected chi connectivity index (χ2v) is 4.27. The molecule has 5 nitrogen and oxygen atoms in total. The molecule has 0 unspecified atom stereocenters. The third-order valence-corrected chi connectivity index (χ3v) is 2.93. The summed E-state index contributed by atoms with van der Waals surface area (Å²) in [6, 6.07) is 14.8. The minimum atomic E-state index is 0.468. The van der Waals surface area contributed by atoms with Crippen molar-refractivity contribution < 1.29 is 9.26 Å². The normalized spacial score (nSPS) is 10.4. The average Bonchev–Trinajstić information content (AvgIpc) is 2.98. The van der Waals surface area contributed by atoms with Crippen LogP contribution in [0.5, 0.6) is 5.75 Å². The van der Waals surface area contributed by atoms with Crippen LogP contribution >= 0.6 is 0 Å². The van der Waals surface area contributed by atoms with Crippen molar-refractivity contribution in [2.24, 2.45) is 0 Å². The molecule has 0 aliphatic heterocycles. The summed E-state index contributed by atoms with van der Waals surface area (Å²) in [7, 11) is 1.63. The number of ether oxygens (including phenoxy) is 1. The topological polar surface area (TPSA) is 74.2 Å². The summed E-state index contributed by atoms with van der Waals surface area (Å²) in [4.78, 5) is 4.38. The lowest BCUT2D eigenvalue weighted by atomic mass is 10.2. The maximum Gasteiger partial charge on any atom is 0.258 e. The van der Waals surface area contributed by atoms with Crippen LogP contribution in [0.1, 0.15) is 0 Å². The zero-order valence-corrected chi connectivity index (χ0v) is 10.9. The summed E-state index contributed by atoms with van der Waals surface area (Å²) in [6.07, 6.45) is 0. The monoisotopic (exact) mass is 267 g/mol. The van der Waals surface area contributed by atoms with E-state index in [-0.39, 0.29) is 0 Å². The lowest BCUT2D eigenvalue weighted by molar-refractivity contribution is 0.415. The first-order chi connectivity index (χ1) is 9.76. The van der Waals surface area contributed by atoms with E-state index in [1.54, 1.807) is 19.2 Å². The molecule has 1 heterocycles. The van der Waals surface area contributed by atoms with Gasteiger partial charge in [0, 0.05) is 16.8 Å². The van der Waals surface area contributed by atoms with Crippen molar-refractivity contribution in [2.75, 3.05) is 12.8 Å². The zero-order valence-electron chi connectivity index (χ0n) is 10.9. The van der Waals surface area contributed by atoms with Crippen LogP contribution in [0.25, 0.3) is 22.8 Å². The number of benzene rings is 2. The highest BCUT2D eigenvalue weighted by Crippen LogP contribution is 2.24. The zero-order chi connectivity index (χ0) is 13.9. The number of anilines is 1. The molecule has 100 valence electrons. The van der Waals surface area contributed by atoms with Gasteiger partial charge in [-0.05, 0) is 48.5 Å². The van der Waals surface area contributed by atoms with Gasteiger partial charge in [-0.25, -0.2) is 0 Å². The van der Waals surface area contributed by atoms with Gasteiger partial charge >= 0.3 is 0 Å². The maximum atomic E-state index is 5.65. The third-order valence-electron chi connectivity index (χ3n) is 2.93. The van der Waals surface area contributed by atoms with Crippen LogP contribution in [0, 0.1) is 0 Å². The van der Waals surface area contributed by atoms with E-state index < -0.39 is 0 Å². The fourth-order valence-corrected chi connectivity index (χ4v) is 1.82. The van der Waals surface area contributed by atoms with Gasteiger partial charge in [-0.1, -0.05) is 5.16 Å². The number of hydrogen-bond acceptors (Lipinski definition) is 5. The van der Waals surface area contributed by atoms with Crippen LogP contribution in [-0.4, -0.2) is 17.3 Å². The summed E-state index contributed by atoms with van der Waals surface area (Å²) < 4.78 is 10.4. The van der Waals surface area contributed by atoms with E-state index in [4.69, 9.17) is 15.0 Å². The standard InChI is InChI=1S/C15H13N3O2/c1-19-13-8-4-10(5-9-13)14-17-15(20-18-14)11-2-6-12(16)7-3-11/h2-9H,16H2,1H3. The Morgan fingerprint density at radius 3 is 2.25 bits per heavy atom. The van der Waals surface area contributed by atoms with E-state index in [9.17, 15) is 0 Å². The molecule has 2 aromatic carbocycles. The molecule has 3 aromatic rings. The van der Waals surface area contributed by atoms with Crippen LogP contribution in [0.3, 0.4) is 0 Å². The Labute approximate surface area is 116 Å². The molecule has 0 bridgehead atoms. The van der Waals surface area contributed by atoms with Gasteiger partial charge in [0.15, 0.2) is 0 Å². The number of methoxy groups -OCH3 is 1. The fourth-order valence-electron chi connectivity index (χ4n) is 1.82. The van der Waals surface area contributed by atoms with E-state index in [1.165, 1.54) is 0 Å². The highest BCUT2D eigenvalue weighted by Gasteiger charge is 2.10. The number of nitrogens with zero attached hydrogens (tertiary/aromatic N) is 2. The average molecular weight is 267 g/mol. The van der Waals surface area contributed by atoms with Crippen LogP contribution in [0.4, 0.5) is 5.69 Å². The summed E-state index contributed by atoms with van der Waals surface area (Å²) >= 11 is 0. The largest absolute Gasteiger partial charge is 0.497 e. The molecule has 0 fully saturated rings. The number of nitrogen functional groups attached to an aromatic ring is 1. The van der Waals surface area contributed by atoms with Gasteiger partial charge in [0.2, 0.25) is 5.82 Å². The molecular weight excluding hydrogens is 254 g/mol. The van der Waals surface area contributed by atoms with Crippen molar-refractivity contribution in [1.29, 1.82) is 0 Å². The Morgan fingerprint density at radius 1 is 0.950 bits per heavy atom. The molecule has 0 radical (unpaired) electrons. The van der Waals surface area contributed by atoms with Crippen LogP contribution < -0.4 is 10.5 Å². The van der Waals surface area contributed by atoms with Gasteiger partial charge in [-0.3, -0.25) is 0 Å². The van der Waals surface area contributed by atoms with Gasteiger partial charge in [0.25, 0.3) is 5.89 Å². The van der Waals surface area contributed by atoms with Gasteiger partial charge in [0.1, 0.15) is 5.75 Å². The number of rotatable bonds is 3. The van der Waals surface area contributed by atoms with Gasteiger partial charge in [-0.2, -0.15) is 4.98 Å². The summed E-state index contributed by atoms with van der Waals surface area (Å²) in [5, 5.41) is 3.98. The summed E-state index contributed by atoms with van der Waals surface area (Å²) in [5.41, 5.74) is 8.06. The molecule has 1 aromatic heterocycles. The molecule has 0 atom stereocenters. The number of aromatic nitrogens is 2. The molecule has 5 heteroatoms. The van der Waals surface area contributed by atoms with Gasteiger partial charge in [0.05, 0.1) is 7.11 Å². The molecule has 0 aliphatic rings. The molecule has 0 saturated heterocycles. The van der Waals surface area contributed by atoms with E-state index >= 15 is 0 Å². The van der Waals surface area contributed by atoms with Gasteiger partial charge < -0.3 is 15.0 Å². The van der Waals surface area contributed by atoms with Crippen molar-refractivity contribution in [3.8, 4) is 28.6 Å². The molecule has 0 amide bonds. The molecule has 20 heavy (non-hydrogen) atoms. The first kappa shape index (κ1) is 12.2. The van der Waals surface area contributed by atoms with Crippen LogP contribution in [0.2, 0.25) is 0 Å². The van der Waals surface area contributed by atoms with Crippen molar-refractivity contribution in [1.82, 2.24) is 10.1 Å². The Kier molecular flexibility index (Phi) is 3.09. The van der Waals surface area contributed by atoms with E-state index in [0.717, 1.165) is 16.9 Å². The summed E-state index contributed by atoms with van der Waals surface area (Å²) in [5.74, 6) is 1.80. The molecule has 2 N–H and O–H groups in total. The molecule has 3 rings (SSSR count). The Balaban J connectivity index is 1.91. The van der Waals surface area contributed by atoms with Crippen LogP contribution in [0.15, 0.2) is 53.1 Å². The predicted molar refractivity (Wildman–Crippen MR) is 76.1 cm³/mol. The minimum absolute atomic E-state index is 0.468. The lowest BCUT2D eigenvalue weighted by Gasteiger charge is -1.99. The van der Waals surface area contributed by atoms with Gasteiger partial charge in [-0.15, -0.1) is 0 Å². The van der Waals surface area contributed by atoms with E-state index in [0.29, 0.717) is 17.4 Å². The fraction of sp³-hybridized carbons (Fsp3) is 0.0667. The second kappa shape index (κ2) is 5.05. The first-order valence-corrected chi connectivity index (χ1v) is 6.10. The Hall–Kier alpha value is -2.82. The van der Waals surface area contributed by atoms with E-state index in [2.05, 4.69) is 10.1 Å². The third kappa shape index (κ3) is 2.33. The van der Waals surface area contributed by atoms with Crippen molar-refractivity contribution in [3.63, 3.8) is 0 Å².